The molecule has 23 heavy (non-hydrogen) atoms. The summed E-state index contributed by atoms with van der Waals surface area (Å²) in [5, 5.41) is 10.7. The topological polar surface area (TPSA) is 80.1 Å². The third-order valence-electron chi connectivity index (χ3n) is 4.14. The minimum Gasteiger partial charge on any atom is -0.355 e. The van der Waals surface area contributed by atoms with Crippen molar-refractivity contribution in [2.24, 2.45) is 11.8 Å². The predicted octanol–water partition coefficient (Wildman–Crippen LogP) is 1.90. The monoisotopic (exact) mass is 334 g/mol. The molecule has 1 fully saturated rings. The van der Waals surface area contributed by atoms with Crippen molar-refractivity contribution in [3.05, 3.63) is 35.2 Å². The van der Waals surface area contributed by atoms with Crippen LogP contribution in [0.4, 0.5) is 0 Å². The van der Waals surface area contributed by atoms with Gasteiger partial charge < -0.3 is 15.2 Å². The van der Waals surface area contributed by atoms with Gasteiger partial charge in [-0.3, -0.25) is 4.79 Å². The van der Waals surface area contributed by atoms with E-state index < -0.39 is 0 Å². The van der Waals surface area contributed by atoms with E-state index in [2.05, 4.69) is 20.8 Å². The number of carbonyl (C=O) groups excluding carboxylic acids is 1. The molecule has 1 aromatic heterocycles. The van der Waals surface area contributed by atoms with Crippen LogP contribution in [0.15, 0.2) is 28.8 Å². The minimum atomic E-state index is 0.0311. The second kappa shape index (κ2) is 7.10. The lowest BCUT2D eigenvalue weighted by Gasteiger charge is -2.31. The largest absolute Gasteiger partial charge is 0.355 e. The summed E-state index contributed by atoms with van der Waals surface area (Å²) in [6.07, 6.45) is 0.516. The van der Waals surface area contributed by atoms with E-state index in [1.54, 1.807) is 12.1 Å². The van der Waals surface area contributed by atoms with E-state index in [9.17, 15) is 4.79 Å². The van der Waals surface area contributed by atoms with Crippen molar-refractivity contribution < 1.29 is 9.32 Å². The molecule has 1 atom stereocenters. The number of nitrogens with zero attached hydrogens (tertiary/aromatic N) is 2. The van der Waals surface area contributed by atoms with Crippen LogP contribution in [0.3, 0.4) is 0 Å². The van der Waals surface area contributed by atoms with Crippen LogP contribution in [-0.4, -0.2) is 35.7 Å². The zero-order valence-corrected chi connectivity index (χ0v) is 13.6. The Labute approximate surface area is 139 Å². The van der Waals surface area contributed by atoms with Crippen molar-refractivity contribution in [1.29, 1.82) is 0 Å². The van der Waals surface area contributed by atoms with Crippen LogP contribution in [0, 0.1) is 11.8 Å². The fourth-order valence-corrected chi connectivity index (χ4v) is 2.53. The van der Waals surface area contributed by atoms with Gasteiger partial charge in [-0.1, -0.05) is 23.7 Å². The van der Waals surface area contributed by atoms with Gasteiger partial charge in [0.2, 0.25) is 17.6 Å². The number of benzene rings is 1. The highest BCUT2D eigenvalue weighted by Crippen LogP contribution is 2.19. The van der Waals surface area contributed by atoms with Gasteiger partial charge in [0.05, 0.1) is 0 Å². The first-order valence-corrected chi connectivity index (χ1v) is 8.08. The summed E-state index contributed by atoms with van der Waals surface area (Å²) in [4.78, 5) is 16.3. The quantitative estimate of drug-likeness (QED) is 0.843. The van der Waals surface area contributed by atoms with Crippen molar-refractivity contribution in [3.63, 3.8) is 0 Å². The van der Waals surface area contributed by atoms with Gasteiger partial charge in [0.15, 0.2) is 0 Å². The van der Waals surface area contributed by atoms with Crippen molar-refractivity contribution in [3.8, 4) is 11.4 Å². The predicted molar refractivity (Wildman–Crippen MR) is 87.0 cm³/mol. The summed E-state index contributed by atoms with van der Waals surface area (Å²) < 4.78 is 5.22. The van der Waals surface area contributed by atoms with E-state index in [-0.39, 0.29) is 11.8 Å². The SMILES string of the molecule is CC(C(=O)NCCc1nc(-c2ccc(Cl)cc2)no1)C1CNC1. The van der Waals surface area contributed by atoms with Crippen molar-refractivity contribution in [2.45, 2.75) is 13.3 Å². The molecule has 0 spiro atoms. The third kappa shape index (κ3) is 3.89. The summed E-state index contributed by atoms with van der Waals surface area (Å²) in [6.45, 7) is 4.29. The van der Waals surface area contributed by atoms with Gasteiger partial charge in [-0.2, -0.15) is 4.98 Å². The van der Waals surface area contributed by atoms with Crippen LogP contribution in [0.2, 0.25) is 5.02 Å². The average molecular weight is 335 g/mol. The van der Waals surface area contributed by atoms with Gasteiger partial charge in [0.25, 0.3) is 0 Å². The molecule has 2 aromatic rings. The highest BCUT2D eigenvalue weighted by Gasteiger charge is 2.28. The lowest BCUT2D eigenvalue weighted by Crippen LogP contribution is -2.49. The van der Waals surface area contributed by atoms with Gasteiger partial charge in [0, 0.05) is 29.5 Å². The molecule has 1 amide bonds. The number of hydrogen-bond acceptors (Lipinski definition) is 5. The van der Waals surface area contributed by atoms with E-state index in [0.717, 1.165) is 18.7 Å². The normalized spacial score (nSPS) is 15.9. The molecule has 1 aliphatic heterocycles. The Balaban J connectivity index is 1.49. The molecule has 0 radical (unpaired) electrons. The molecule has 6 nitrogen and oxygen atoms in total. The zero-order chi connectivity index (χ0) is 16.2. The molecule has 2 heterocycles. The van der Waals surface area contributed by atoms with E-state index in [1.807, 2.05) is 19.1 Å². The van der Waals surface area contributed by atoms with E-state index in [0.29, 0.717) is 35.6 Å². The standard InChI is InChI=1S/C16H19ClN4O2/c1-10(12-8-18-9-12)16(22)19-7-6-14-20-15(21-23-14)11-2-4-13(17)5-3-11/h2-5,10,12,18H,6-9H2,1H3,(H,19,22). The first-order chi connectivity index (χ1) is 11.1. The van der Waals surface area contributed by atoms with E-state index in [1.165, 1.54) is 0 Å². The number of amides is 1. The molecule has 0 saturated carbocycles. The van der Waals surface area contributed by atoms with Crippen molar-refractivity contribution >= 4 is 17.5 Å². The smallest absolute Gasteiger partial charge is 0.228 e. The second-order valence-electron chi connectivity index (χ2n) is 5.77. The van der Waals surface area contributed by atoms with Crippen molar-refractivity contribution in [2.75, 3.05) is 19.6 Å². The Morgan fingerprint density at radius 1 is 1.43 bits per heavy atom. The molecule has 0 bridgehead atoms. The van der Waals surface area contributed by atoms with Crippen LogP contribution < -0.4 is 10.6 Å². The molecule has 1 aliphatic rings. The summed E-state index contributed by atoms with van der Waals surface area (Å²) >= 11 is 5.86. The maximum absolute atomic E-state index is 12.0. The Bertz CT molecular complexity index is 667. The maximum atomic E-state index is 12.0. The molecule has 122 valence electrons. The lowest BCUT2D eigenvalue weighted by molar-refractivity contribution is -0.126. The molecule has 2 N–H and O–H groups in total. The third-order valence-corrected chi connectivity index (χ3v) is 4.39. The fraction of sp³-hybridized carbons (Fsp3) is 0.438. The van der Waals surface area contributed by atoms with Crippen molar-refractivity contribution in [1.82, 2.24) is 20.8 Å². The summed E-state index contributed by atoms with van der Waals surface area (Å²) in [7, 11) is 0. The molecule has 1 saturated heterocycles. The highest BCUT2D eigenvalue weighted by molar-refractivity contribution is 6.30. The second-order valence-corrected chi connectivity index (χ2v) is 6.20. The van der Waals surface area contributed by atoms with Crippen LogP contribution in [-0.2, 0) is 11.2 Å². The summed E-state index contributed by atoms with van der Waals surface area (Å²) in [6, 6.07) is 7.24. The molecule has 1 aromatic carbocycles. The first-order valence-electron chi connectivity index (χ1n) is 7.70. The lowest BCUT2D eigenvalue weighted by atomic mass is 9.88. The van der Waals surface area contributed by atoms with Crippen LogP contribution in [0.5, 0.6) is 0 Å². The number of halogens is 1. The number of nitrogens with one attached hydrogen (secondary N) is 2. The maximum Gasteiger partial charge on any atom is 0.228 e. The number of hydrogen-bond donors (Lipinski definition) is 2. The van der Waals surface area contributed by atoms with Gasteiger partial charge in [-0.05, 0) is 43.3 Å². The molecule has 0 aliphatic carbocycles. The molecular weight excluding hydrogens is 316 g/mol. The zero-order valence-electron chi connectivity index (χ0n) is 12.9. The van der Waals surface area contributed by atoms with E-state index in [4.69, 9.17) is 16.1 Å². The van der Waals surface area contributed by atoms with Crippen LogP contribution in [0.25, 0.3) is 11.4 Å². The number of rotatable bonds is 6. The van der Waals surface area contributed by atoms with Gasteiger partial charge in [-0.25, -0.2) is 0 Å². The molecular formula is C16H19ClN4O2. The van der Waals surface area contributed by atoms with E-state index >= 15 is 0 Å². The van der Waals surface area contributed by atoms with Crippen LogP contribution >= 0.6 is 11.6 Å². The molecule has 1 unspecified atom stereocenters. The average Bonchev–Trinajstić information content (AvgIpc) is 2.95. The Hall–Kier alpha value is -1.92. The summed E-state index contributed by atoms with van der Waals surface area (Å²) in [5.41, 5.74) is 0.847. The van der Waals surface area contributed by atoms with Gasteiger partial charge in [0.1, 0.15) is 0 Å². The molecule has 3 rings (SSSR count). The fourth-order valence-electron chi connectivity index (χ4n) is 2.40. The minimum absolute atomic E-state index is 0.0311. The van der Waals surface area contributed by atoms with Gasteiger partial charge in [-0.15, -0.1) is 0 Å². The Morgan fingerprint density at radius 3 is 2.83 bits per heavy atom. The molecule has 7 heteroatoms. The Morgan fingerprint density at radius 2 is 2.17 bits per heavy atom. The number of aromatic nitrogens is 2. The van der Waals surface area contributed by atoms with Crippen LogP contribution in [0.1, 0.15) is 12.8 Å². The first kappa shape index (κ1) is 16.0. The van der Waals surface area contributed by atoms with Gasteiger partial charge >= 0.3 is 0 Å². The Kier molecular flexibility index (Phi) is 4.93. The number of carbonyl (C=O) groups is 1. The summed E-state index contributed by atoms with van der Waals surface area (Å²) in [5.74, 6) is 1.58. The highest BCUT2D eigenvalue weighted by atomic mass is 35.5.